The largest absolute Gasteiger partial charge is 0.507 e. The number of phenolic OH excluding ortho intramolecular Hbond substituents is 1. The Labute approximate surface area is 117 Å². The van der Waals surface area contributed by atoms with Crippen LogP contribution in [0.25, 0.3) is 10.8 Å². The first-order valence-corrected chi connectivity index (χ1v) is 6.49. The molecule has 0 aromatic heterocycles. The lowest BCUT2D eigenvalue weighted by atomic mass is 9.94. The number of hydrogen-bond donors (Lipinski definition) is 1. The van der Waals surface area contributed by atoms with Crippen LogP contribution in [0.5, 0.6) is 5.75 Å². The first kappa shape index (κ1) is 12.4. The van der Waals surface area contributed by atoms with Gasteiger partial charge < -0.3 is 5.11 Å². The monoisotopic (exact) mass is 262 g/mol. The van der Waals surface area contributed by atoms with Crippen LogP contribution in [0.1, 0.15) is 21.5 Å². The van der Waals surface area contributed by atoms with Gasteiger partial charge in [-0.2, -0.15) is 0 Å². The van der Waals surface area contributed by atoms with E-state index in [2.05, 4.69) is 0 Å². The van der Waals surface area contributed by atoms with E-state index in [0.717, 1.165) is 10.9 Å². The molecule has 2 heteroatoms. The van der Waals surface area contributed by atoms with Crippen molar-refractivity contribution in [3.8, 4) is 5.75 Å². The van der Waals surface area contributed by atoms with Crippen LogP contribution in [0, 0.1) is 6.92 Å². The van der Waals surface area contributed by atoms with E-state index >= 15 is 0 Å². The summed E-state index contributed by atoms with van der Waals surface area (Å²) >= 11 is 0. The van der Waals surface area contributed by atoms with Gasteiger partial charge in [-0.15, -0.1) is 0 Å². The molecule has 0 aliphatic heterocycles. The lowest BCUT2D eigenvalue weighted by Gasteiger charge is -2.09. The number of ketones is 1. The number of benzene rings is 3. The molecule has 0 amide bonds. The lowest BCUT2D eigenvalue weighted by Crippen LogP contribution is -2.04. The van der Waals surface area contributed by atoms with Crippen LogP contribution in [0.4, 0.5) is 0 Å². The third-order valence-electron chi connectivity index (χ3n) is 3.54. The highest BCUT2D eigenvalue weighted by Gasteiger charge is 2.15. The Bertz CT molecular complexity index is 803. The molecule has 0 saturated carbocycles. The van der Waals surface area contributed by atoms with Gasteiger partial charge in [0.25, 0.3) is 0 Å². The molecule has 0 bridgehead atoms. The molecule has 2 nitrogen and oxygen atoms in total. The first-order chi connectivity index (χ1) is 9.68. The summed E-state index contributed by atoms with van der Waals surface area (Å²) in [6.07, 6.45) is 0. The normalized spacial score (nSPS) is 10.7. The van der Waals surface area contributed by atoms with Crippen LogP contribution in [0.15, 0.2) is 60.7 Å². The van der Waals surface area contributed by atoms with Gasteiger partial charge in [-0.05, 0) is 30.0 Å². The standard InChI is InChI=1S/C18H14O2/c1-12-6-2-3-7-13(12)18(20)16-10-11-17(19)15-9-5-4-8-14(15)16/h2-11,19H,1H3. The zero-order valence-corrected chi connectivity index (χ0v) is 11.1. The Kier molecular flexibility index (Phi) is 2.99. The predicted molar refractivity (Wildman–Crippen MR) is 80.2 cm³/mol. The van der Waals surface area contributed by atoms with Gasteiger partial charge in [0.15, 0.2) is 5.78 Å². The number of carbonyl (C=O) groups excluding carboxylic acids is 1. The number of hydrogen-bond acceptors (Lipinski definition) is 2. The second-order valence-corrected chi connectivity index (χ2v) is 4.82. The van der Waals surface area contributed by atoms with Crippen LogP contribution in [0.2, 0.25) is 0 Å². The maximum absolute atomic E-state index is 12.7. The van der Waals surface area contributed by atoms with E-state index in [-0.39, 0.29) is 11.5 Å². The fourth-order valence-electron chi connectivity index (χ4n) is 2.45. The smallest absolute Gasteiger partial charge is 0.193 e. The van der Waals surface area contributed by atoms with E-state index in [1.165, 1.54) is 0 Å². The van der Waals surface area contributed by atoms with Crippen LogP contribution < -0.4 is 0 Å². The van der Waals surface area contributed by atoms with Crippen LogP contribution in [-0.4, -0.2) is 10.9 Å². The van der Waals surface area contributed by atoms with E-state index < -0.39 is 0 Å². The summed E-state index contributed by atoms with van der Waals surface area (Å²) < 4.78 is 0. The predicted octanol–water partition coefficient (Wildman–Crippen LogP) is 4.08. The maximum Gasteiger partial charge on any atom is 0.193 e. The van der Waals surface area contributed by atoms with Crippen molar-refractivity contribution in [3.63, 3.8) is 0 Å². The minimum atomic E-state index is -0.0145. The van der Waals surface area contributed by atoms with Gasteiger partial charge >= 0.3 is 0 Å². The van der Waals surface area contributed by atoms with Gasteiger partial charge in [0, 0.05) is 16.5 Å². The summed E-state index contributed by atoms with van der Waals surface area (Å²) in [4.78, 5) is 12.7. The number of fused-ring (bicyclic) bond motifs is 1. The van der Waals surface area contributed by atoms with E-state index in [1.54, 1.807) is 12.1 Å². The zero-order valence-electron chi connectivity index (χ0n) is 11.1. The molecule has 0 aliphatic carbocycles. The third-order valence-corrected chi connectivity index (χ3v) is 3.54. The molecule has 0 atom stereocenters. The molecule has 1 N–H and O–H groups in total. The Morgan fingerprint density at radius 1 is 0.800 bits per heavy atom. The van der Waals surface area contributed by atoms with Crippen LogP contribution in [0.3, 0.4) is 0 Å². The molecule has 20 heavy (non-hydrogen) atoms. The second-order valence-electron chi connectivity index (χ2n) is 4.82. The SMILES string of the molecule is Cc1ccccc1C(=O)c1ccc(O)c2ccccc12. The topological polar surface area (TPSA) is 37.3 Å². The van der Waals surface area contributed by atoms with Crippen molar-refractivity contribution < 1.29 is 9.90 Å². The summed E-state index contributed by atoms with van der Waals surface area (Å²) in [5.41, 5.74) is 2.27. The fraction of sp³-hybridized carbons (Fsp3) is 0.0556. The molecular weight excluding hydrogens is 248 g/mol. The van der Waals surface area contributed by atoms with E-state index in [9.17, 15) is 9.90 Å². The van der Waals surface area contributed by atoms with Crippen molar-refractivity contribution in [1.29, 1.82) is 0 Å². The number of aryl methyl sites for hydroxylation is 1. The van der Waals surface area contributed by atoms with Gasteiger partial charge in [-0.3, -0.25) is 4.79 Å². The zero-order chi connectivity index (χ0) is 14.1. The molecule has 0 heterocycles. The van der Waals surface area contributed by atoms with Gasteiger partial charge in [-0.1, -0.05) is 48.5 Å². The quantitative estimate of drug-likeness (QED) is 0.706. The van der Waals surface area contributed by atoms with Crippen molar-refractivity contribution >= 4 is 16.6 Å². The van der Waals surface area contributed by atoms with Crippen molar-refractivity contribution in [2.24, 2.45) is 0 Å². The van der Waals surface area contributed by atoms with Gasteiger partial charge in [0.05, 0.1) is 0 Å². The summed E-state index contributed by atoms with van der Waals surface area (Å²) in [6.45, 7) is 1.93. The van der Waals surface area contributed by atoms with Crippen molar-refractivity contribution in [2.75, 3.05) is 0 Å². The Morgan fingerprint density at radius 3 is 2.20 bits per heavy atom. The lowest BCUT2D eigenvalue weighted by molar-refractivity contribution is 0.103. The van der Waals surface area contributed by atoms with E-state index in [1.807, 2.05) is 55.5 Å². The molecule has 3 rings (SSSR count). The third kappa shape index (κ3) is 1.95. The van der Waals surface area contributed by atoms with Crippen molar-refractivity contribution in [2.45, 2.75) is 6.92 Å². The van der Waals surface area contributed by atoms with Gasteiger partial charge in [-0.25, -0.2) is 0 Å². The molecular formula is C18H14O2. The summed E-state index contributed by atoms with van der Waals surface area (Å²) in [7, 11) is 0. The molecule has 3 aromatic carbocycles. The summed E-state index contributed by atoms with van der Waals surface area (Å²) in [5.74, 6) is 0.182. The van der Waals surface area contributed by atoms with Crippen LogP contribution >= 0.6 is 0 Å². The Hall–Kier alpha value is -2.61. The number of carbonyl (C=O) groups is 1. The highest BCUT2D eigenvalue weighted by atomic mass is 16.3. The summed E-state index contributed by atoms with van der Waals surface area (Å²) in [6, 6.07) is 18.2. The first-order valence-electron chi connectivity index (χ1n) is 6.49. The Morgan fingerprint density at radius 2 is 1.45 bits per heavy atom. The van der Waals surface area contributed by atoms with Crippen LogP contribution in [-0.2, 0) is 0 Å². The minimum absolute atomic E-state index is 0.0145. The average Bonchev–Trinajstić information content (AvgIpc) is 2.48. The molecule has 0 fully saturated rings. The van der Waals surface area contributed by atoms with E-state index in [4.69, 9.17) is 0 Å². The highest BCUT2D eigenvalue weighted by Crippen LogP contribution is 2.29. The number of phenols is 1. The maximum atomic E-state index is 12.7. The number of rotatable bonds is 2. The molecule has 0 spiro atoms. The molecule has 3 aromatic rings. The Balaban J connectivity index is 2.23. The van der Waals surface area contributed by atoms with Crippen molar-refractivity contribution in [3.05, 3.63) is 77.4 Å². The average molecular weight is 262 g/mol. The van der Waals surface area contributed by atoms with Gasteiger partial charge in [0.1, 0.15) is 5.75 Å². The molecule has 0 unspecified atom stereocenters. The number of aromatic hydroxyl groups is 1. The molecule has 98 valence electrons. The van der Waals surface area contributed by atoms with Crippen molar-refractivity contribution in [1.82, 2.24) is 0 Å². The highest BCUT2D eigenvalue weighted by molar-refractivity contribution is 6.17. The molecule has 0 aliphatic rings. The minimum Gasteiger partial charge on any atom is -0.507 e. The molecule has 0 saturated heterocycles. The fourth-order valence-corrected chi connectivity index (χ4v) is 2.45. The van der Waals surface area contributed by atoms with E-state index in [0.29, 0.717) is 16.5 Å². The summed E-state index contributed by atoms with van der Waals surface area (Å²) in [5, 5.41) is 11.4. The second kappa shape index (κ2) is 4.82. The van der Waals surface area contributed by atoms with Gasteiger partial charge in [0.2, 0.25) is 0 Å². The molecule has 0 radical (unpaired) electrons.